The van der Waals surface area contributed by atoms with Gasteiger partial charge in [0.1, 0.15) is 5.15 Å². The molecule has 2 atom stereocenters. The van der Waals surface area contributed by atoms with Crippen LogP contribution < -0.4 is 5.32 Å². The molecule has 0 aliphatic rings. The average Bonchev–Trinajstić information content (AvgIpc) is 2.20. The summed E-state index contributed by atoms with van der Waals surface area (Å²) in [4.78, 5) is 15.7. The maximum Gasteiger partial charge on any atom is 0.254 e. The molecule has 6 heteroatoms. The highest BCUT2D eigenvalue weighted by atomic mass is 79.9. The van der Waals surface area contributed by atoms with Gasteiger partial charge in [0.05, 0.1) is 11.7 Å². The van der Waals surface area contributed by atoms with E-state index >= 15 is 0 Å². The number of aromatic nitrogens is 1. The van der Waals surface area contributed by atoms with Crippen LogP contribution >= 0.6 is 27.5 Å². The molecule has 1 aromatic rings. The third-order valence-electron chi connectivity index (χ3n) is 2.12. The lowest BCUT2D eigenvalue weighted by atomic mass is 10.1. The number of nitrogens with one attached hydrogen (secondary N) is 1. The zero-order valence-electron chi connectivity index (χ0n) is 9.58. The van der Waals surface area contributed by atoms with Gasteiger partial charge < -0.3 is 10.4 Å². The smallest absolute Gasteiger partial charge is 0.254 e. The van der Waals surface area contributed by atoms with Crippen molar-refractivity contribution in [3.63, 3.8) is 0 Å². The Morgan fingerprint density at radius 1 is 1.65 bits per heavy atom. The summed E-state index contributed by atoms with van der Waals surface area (Å²) in [7, 11) is 0. The number of aliphatic hydroxyl groups is 1. The molecule has 4 nitrogen and oxygen atoms in total. The molecule has 94 valence electrons. The highest BCUT2D eigenvalue weighted by Gasteiger charge is 2.15. The van der Waals surface area contributed by atoms with E-state index in [0.717, 1.165) is 0 Å². The topological polar surface area (TPSA) is 62.2 Å². The molecule has 0 aliphatic heterocycles. The number of hydrogen-bond donors (Lipinski definition) is 2. The zero-order valence-corrected chi connectivity index (χ0v) is 11.9. The van der Waals surface area contributed by atoms with Gasteiger partial charge in [-0.15, -0.1) is 0 Å². The Morgan fingerprint density at radius 3 is 2.88 bits per heavy atom. The van der Waals surface area contributed by atoms with E-state index in [1.165, 1.54) is 6.20 Å². The van der Waals surface area contributed by atoms with Gasteiger partial charge in [0.15, 0.2) is 0 Å². The van der Waals surface area contributed by atoms with Gasteiger partial charge in [-0.05, 0) is 42.3 Å². The van der Waals surface area contributed by atoms with Crippen LogP contribution in [0, 0.1) is 0 Å². The first-order valence-electron chi connectivity index (χ1n) is 5.20. The summed E-state index contributed by atoms with van der Waals surface area (Å²) in [6.07, 6.45) is 1.56. The lowest BCUT2D eigenvalue weighted by Gasteiger charge is -2.15. The minimum absolute atomic E-state index is 0.127. The molecule has 0 spiro atoms. The molecular formula is C11H14BrClN2O2. The molecule has 0 saturated carbocycles. The number of pyridine rings is 1. The lowest BCUT2D eigenvalue weighted by Crippen LogP contribution is -2.34. The van der Waals surface area contributed by atoms with E-state index in [1.54, 1.807) is 13.0 Å². The number of carbonyl (C=O) groups is 1. The fourth-order valence-electron chi connectivity index (χ4n) is 1.45. The largest absolute Gasteiger partial charge is 0.393 e. The normalized spacial score (nSPS) is 14.2. The van der Waals surface area contributed by atoms with Crippen molar-refractivity contribution in [2.75, 3.05) is 0 Å². The molecule has 0 bridgehead atoms. The zero-order chi connectivity index (χ0) is 13.0. The number of nitrogens with zero attached hydrogens (tertiary/aromatic N) is 1. The minimum atomic E-state index is -0.457. The van der Waals surface area contributed by atoms with Crippen molar-refractivity contribution in [1.29, 1.82) is 0 Å². The van der Waals surface area contributed by atoms with Crippen molar-refractivity contribution in [1.82, 2.24) is 10.3 Å². The van der Waals surface area contributed by atoms with Crippen LogP contribution in [0.5, 0.6) is 0 Å². The van der Waals surface area contributed by atoms with Crippen LogP contribution in [0.2, 0.25) is 5.15 Å². The predicted octanol–water partition coefficient (Wildman–Crippen LogP) is 2.39. The first-order valence-corrected chi connectivity index (χ1v) is 6.37. The standard InChI is InChI=1S/C11H14BrClN2O2/c1-6(3-7(2)16)15-11(17)9-4-8(12)5-14-10(9)13/h4-7,16H,3H2,1-2H3,(H,15,17). The molecule has 2 unspecified atom stereocenters. The van der Waals surface area contributed by atoms with Gasteiger partial charge in [-0.2, -0.15) is 0 Å². The van der Waals surface area contributed by atoms with Crippen molar-refractivity contribution in [3.8, 4) is 0 Å². The first kappa shape index (κ1) is 14.4. The SMILES string of the molecule is CC(O)CC(C)NC(=O)c1cc(Br)cnc1Cl. The summed E-state index contributed by atoms with van der Waals surface area (Å²) in [6.45, 7) is 3.50. The maximum absolute atomic E-state index is 11.9. The molecule has 1 aromatic heterocycles. The Bertz CT molecular complexity index is 412. The molecule has 1 rings (SSSR count). The van der Waals surface area contributed by atoms with E-state index in [1.807, 2.05) is 6.92 Å². The van der Waals surface area contributed by atoms with E-state index in [9.17, 15) is 9.90 Å². The van der Waals surface area contributed by atoms with Crippen LogP contribution in [-0.2, 0) is 0 Å². The number of halogens is 2. The Balaban J connectivity index is 2.73. The monoisotopic (exact) mass is 320 g/mol. The van der Waals surface area contributed by atoms with Crippen LogP contribution in [0.25, 0.3) is 0 Å². The van der Waals surface area contributed by atoms with E-state index in [0.29, 0.717) is 16.5 Å². The van der Waals surface area contributed by atoms with E-state index in [-0.39, 0.29) is 17.1 Å². The minimum Gasteiger partial charge on any atom is -0.393 e. The third-order valence-corrected chi connectivity index (χ3v) is 2.86. The fraction of sp³-hybridized carbons (Fsp3) is 0.455. The second kappa shape index (κ2) is 6.33. The molecule has 0 fully saturated rings. The van der Waals surface area contributed by atoms with Crippen LogP contribution in [0.4, 0.5) is 0 Å². The summed E-state index contributed by atoms with van der Waals surface area (Å²) < 4.78 is 0.690. The van der Waals surface area contributed by atoms with Gasteiger partial charge in [0.25, 0.3) is 5.91 Å². The Labute approximate surface area is 114 Å². The van der Waals surface area contributed by atoms with E-state index in [4.69, 9.17) is 11.6 Å². The Morgan fingerprint density at radius 2 is 2.29 bits per heavy atom. The van der Waals surface area contributed by atoms with E-state index < -0.39 is 6.10 Å². The van der Waals surface area contributed by atoms with Crippen LogP contribution in [0.3, 0.4) is 0 Å². The summed E-state index contributed by atoms with van der Waals surface area (Å²) in [5.41, 5.74) is 0.318. The summed E-state index contributed by atoms with van der Waals surface area (Å²) in [5.74, 6) is -0.294. The molecule has 0 saturated heterocycles. The number of carbonyl (C=O) groups excluding carboxylic acids is 1. The molecule has 17 heavy (non-hydrogen) atoms. The van der Waals surface area contributed by atoms with Crippen molar-refractivity contribution >= 4 is 33.4 Å². The van der Waals surface area contributed by atoms with E-state index in [2.05, 4.69) is 26.2 Å². The maximum atomic E-state index is 11.9. The molecule has 1 heterocycles. The summed E-state index contributed by atoms with van der Waals surface area (Å²) in [6, 6.07) is 1.48. The van der Waals surface area contributed by atoms with Crippen LogP contribution in [0.15, 0.2) is 16.7 Å². The molecule has 0 aliphatic carbocycles. The van der Waals surface area contributed by atoms with Gasteiger partial charge in [-0.1, -0.05) is 11.6 Å². The van der Waals surface area contributed by atoms with Crippen molar-refractivity contribution in [2.24, 2.45) is 0 Å². The molecule has 1 amide bonds. The van der Waals surface area contributed by atoms with Gasteiger partial charge in [0.2, 0.25) is 0 Å². The number of hydrogen-bond acceptors (Lipinski definition) is 3. The predicted molar refractivity (Wildman–Crippen MR) is 70.2 cm³/mol. The highest BCUT2D eigenvalue weighted by Crippen LogP contribution is 2.18. The molecule has 2 N–H and O–H groups in total. The quantitative estimate of drug-likeness (QED) is 0.837. The molecular weight excluding hydrogens is 307 g/mol. The Hall–Kier alpha value is -0.650. The third kappa shape index (κ3) is 4.61. The molecule has 0 radical (unpaired) electrons. The van der Waals surface area contributed by atoms with Gasteiger partial charge in [-0.25, -0.2) is 4.98 Å². The van der Waals surface area contributed by atoms with Crippen LogP contribution in [0.1, 0.15) is 30.6 Å². The number of aliphatic hydroxyl groups excluding tert-OH is 1. The average molecular weight is 322 g/mol. The fourth-order valence-corrected chi connectivity index (χ4v) is 1.97. The lowest BCUT2D eigenvalue weighted by molar-refractivity contribution is 0.0923. The second-order valence-electron chi connectivity index (χ2n) is 3.95. The summed E-state index contributed by atoms with van der Waals surface area (Å²) >= 11 is 9.07. The van der Waals surface area contributed by atoms with Gasteiger partial charge in [-0.3, -0.25) is 4.79 Å². The number of amides is 1. The molecule has 0 aromatic carbocycles. The van der Waals surface area contributed by atoms with Crippen molar-refractivity contribution < 1.29 is 9.90 Å². The van der Waals surface area contributed by atoms with Crippen LogP contribution in [-0.4, -0.2) is 28.1 Å². The first-order chi connectivity index (χ1) is 7.90. The highest BCUT2D eigenvalue weighted by molar-refractivity contribution is 9.10. The second-order valence-corrected chi connectivity index (χ2v) is 5.22. The van der Waals surface area contributed by atoms with Gasteiger partial charge >= 0.3 is 0 Å². The van der Waals surface area contributed by atoms with Gasteiger partial charge in [0, 0.05) is 16.7 Å². The Kier molecular flexibility index (Phi) is 5.36. The van der Waals surface area contributed by atoms with Crippen molar-refractivity contribution in [3.05, 3.63) is 27.5 Å². The summed E-state index contributed by atoms with van der Waals surface area (Å²) in [5, 5.41) is 12.1. The van der Waals surface area contributed by atoms with Crippen molar-refractivity contribution in [2.45, 2.75) is 32.4 Å². The number of rotatable bonds is 4.